The van der Waals surface area contributed by atoms with Crippen molar-refractivity contribution in [3.63, 3.8) is 0 Å². The maximum atomic E-state index is 12.3. The number of anilines is 1. The minimum atomic E-state index is -0.946. The molecule has 1 aliphatic rings. The third-order valence-electron chi connectivity index (χ3n) is 5.26. The van der Waals surface area contributed by atoms with E-state index in [1.54, 1.807) is 6.26 Å². The normalized spacial score (nSPS) is 21.2. The second-order valence-corrected chi connectivity index (χ2v) is 7.10. The Balaban J connectivity index is 1.59. The molecule has 3 heterocycles. The van der Waals surface area contributed by atoms with Gasteiger partial charge in [0, 0.05) is 24.5 Å². The van der Waals surface area contributed by atoms with E-state index in [0.29, 0.717) is 12.8 Å². The molecule has 4 rings (SSSR count). The molecule has 3 atom stereocenters. The molecular weight excluding hydrogens is 394 g/mol. The number of aromatic nitrogens is 2. The summed E-state index contributed by atoms with van der Waals surface area (Å²) < 4.78 is 12.1. The number of amides is 1. The molecule has 1 saturated heterocycles. The van der Waals surface area contributed by atoms with Gasteiger partial charge in [-0.05, 0) is 18.1 Å². The minimum Gasteiger partial charge on any atom is -0.464 e. The SMILES string of the molecule is O=CN(CCc1coc2ccccc12)c1cn([C@H]2C[C@H](O)[C@@H](CO)O2)c(=O)[nH]c1=O. The lowest BCUT2D eigenvalue weighted by Gasteiger charge is -2.19. The van der Waals surface area contributed by atoms with E-state index in [-0.39, 0.29) is 18.7 Å². The molecule has 10 nitrogen and oxygen atoms in total. The number of furan rings is 1. The molecule has 0 saturated carbocycles. The molecule has 3 N–H and O–H groups in total. The van der Waals surface area contributed by atoms with Gasteiger partial charge in [0.05, 0.1) is 19.0 Å². The summed E-state index contributed by atoms with van der Waals surface area (Å²) in [5.74, 6) is 0. The van der Waals surface area contributed by atoms with Gasteiger partial charge in [0.2, 0.25) is 6.41 Å². The fourth-order valence-electron chi connectivity index (χ4n) is 3.64. The van der Waals surface area contributed by atoms with E-state index in [0.717, 1.165) is 21.1 Å². The topological polar surface area (TPSA) is 138 Å². The number of rotatable bonds is 7. The second kappa shape index (κ2) is 8.27. The van der Waals surface area contributed by atoms with E-state index < -0.39 is 36.3 Å². The number of carbonyl (C=O) groups is 1. The first-order chi connectivity index (χ1) is 14.5. The fraction of sp³-hybridized carbons (Fsp3) is 0.350. The molecule has 158 valence electrons. The Morgan fingerprint density at radius 1 is 1.30 bits per heavy atom. The molecule has 0 radical (unpaired) electrons. The summed E-state index contributed by atoms with van der Waals surface area (Å²) >= 11 is 0. The minimum absolute atomic E-state index is 0.0251. The van der Waals surface area contributed by atoms with Gasteiger partial charge in [-0.2, -0.15) is 0 Å². The number of nitrogens with one attached hydrogen (secondary N) is 1. The first kappa shape index (κ1) is 20.1. The van der Waals surface area contributed by atoms with Crippen molar-refractivity contribution in [1.82, 2.24) is 9.55 Å². The number of aliphatic hydroxyl groups is 2. The van der Waals surface area contributed by atoms with E-state index in [1.807, 2.05) is 24.3 Å². The smallest absolute Gasteiger partial charge is 0.330 e. The third-order valence-corrected chi connectivity index (χ3v) is 5.26. The lowest BCUT2D eigenvalue weighted by atomic mass is 10.1. The number of aliphatic hydroxyl groups excluding tert-OH is 2. The Hall–Kier alpha value is -3.21. The van der Waals surface area contributed by atoms with Gasteiger partial charge in [-0.15, -0.1) is 0 Å². The summed E-state index contributed by atoms with van der Waals surface area (Å²) in [4.78, 5) is 39.7. The molecule has 0 spiro atoms. The highest BCUT2D eigenvalue weighted by atomic mass is 16.5. The lowest BCUT2D eigenvalue weighted by molar-refractivity contribution is -0.107. The molecule has 1 aliphatic heterocycles. The molecule has 30 heavy (non-hydrogen) atoms. The van der Waals surface area contributed by atoms with Gasteiger partial charge in [0.25, 0.3) is 5.56 Å². The maximum absolute atomic E-state index is 12.3. The van der Waals surface area contributed by atoms with Gasteiger partial charge in [0.1, 0.15) is 23.6 Å². The highest BCUT2D eigenvalue weighted by molar-refractivity contribution is 5.81. The van der Waals surface area contributed by atoms with Gasteiger partial charge < -0.3 is 24.3 Å². The summed E-state index contributed by atoms with van der Waals surface area (Å²) in [7, 11) is 0. The average Bonchev–Trinajstić information content (AvgIpc) is 3.32. The number of fused-ring (bicyclic) bond motifs is 1. The average molecular weight is 415 g/mol. The number of ether oxygens (including phenoxy) is 1. The predicted octanol–water partition coefficient (Wildman–Crippen LogP) is 0.129. The van der Waals surface area contributed by atoms with Crippen molar-refractivity contribution in [3.8, 4) is 0 Å². The van der Waals surface area contributed by atoms with E-state index in [9.17, 15) is 24.6 Å². The van der Waals surface area contributed by atoms with Crippen LogP contribution in [-0.2, 0) is 16.0 Å². The molecule has 3 aromatic rings. The third kappa shape index (κ3) is 3.67. The van der Waals surface area contributed by atoms with Crippen LogP contribution in [0.4, 0.5) is 5.69 Å². The molecular formula is C20H21N3O7. The zero-order chi connectivity index (χ0) is 21.3. The van der Waals surface area contributed by atoms with Crippen molar-refractivity contribution < 1.29 is 24.2 Å². The molecule has 2 aromatic heterocycles. The van der Waals surface area contributed by atoms with Crippen molar-refractivity contribution in [2.75, 3.05) is 18.1 Å². The number of para-hydroxylation sites is 1. The van der Waals surface area contributed by atoms with Gasteiger partial charge >= 0.3 is 5.69 Å². The van der Waals surface area contributed by atoms with Crippen LogP contribution < -0.4 is 16.1 Å². The second-order valence-electron chi connectivity index (χ2n) is 7.10. The number of hydrogen-bond donors (Lipinski definition) is 3. The molecule has 0 bridgehead atoms. The van der Waals surface area contributed by atoms with E-state index >= 15 is 0 Å². The molecule has 1 aromatic carbocycles. The monoisotopic (exact) mass is 415 g/mol. The maximum Gasteiger partial charge on any atom is 0.330 e. The van der Waals surface area contributed by atoms with Crippen molar-refractivity contribution in [2.24, 2.45) is 0 Å². The van der Waals surface area contributed by atoms with Crippen molar-refractivity contribution in [2.45, 2.75) is 31.3 Å². The zero-order valence-electron chi connectivity index (χ0n) is 15.9. The lowest BCUT2D eigenvalue weighted by Crippen LogP contribution is -2.37. The van der Waals surface area contributed by atoms with Crippen molar-refractivity contribution >= 4 is 23.1 Å². The van der Waals surface area contributed by atoms with Crippen LogP contribution in [0.15, 0.2) is 50.7 Å². The molecule has 0 unspecified atom stereocenters. The molecule has 1 amide bonds. The Kier molecular flexibility index (Phi) is 5.53. The Labute approximate surface area is 169 Å². The van der Waals surface area contributed by atoms with E-state index in [4.69, 9.17) is 9.15 Å². The highest BCUT2D eigenvalue weighted by Gasteiger charge is 2.35. The summed E-state index contributed by atoms with van der Waals surface area (Å²) in [6.45, 7) is -0.219. The van der Waals surface area contributed by atoms with Gasteiger partial charge in [-0.3, -0.25) is 19.1 Å². The molecule has 10 heteroatoms. The first-order valence-corrected chi connectivity index (χ1v) is 9.48. The van der Waals surface area contributed by atoms with Crippen LogP contribution in [0.1, 0.15) is 18.2 Å². The Morgan fingerprint density at radius 2 is 2.10 bits per heavy atom. The molecule has 1 fully saturated rings. The van der Waals surface area contributed by atoms with Crippen molar-refractivity contribution in [3.05, 3.63) is 63.1 Å². The van der Waals surface area contributed by atoms with Crippen LogP contribution in [0.3, 0.4) is 0 Å². The van der Waals surface area contributed by atoms with Crippen molar-refractivity contribution in [1.29, 1.82) is 0 Å². The number of carbonyl (C=O) groups excluding carboxylic acids is 1. The summed E-state index contributed by atoms with van der Waals surface area (Å²) in [5, 5.41) is 20.1. The number of aromatic amines is 1. The van der Waals surface area contributed by atoms with E-state index in [2.05, 4.69) is 4.98 Å². The van der Waals surface area contributed by atoms with Gasteiger partial charge in [-0.1, -0.05) is 18.2 Å². The first-order valence-electron chi connectivity index (χ1n) is 9.48. The Bertz CT molecular complexity index is 1160. The highest BCUT2D eigenvalue weighted by Crippen LogP contribution is 2.28. The number of nitrogens with zero attached hydrogens (tertiary/aromatic N) is 2. The number of H-pyrrole nitrogens is 1. The van der Waals surface area contributed by atoms with Crippen LogP contribution in [0.25, 0.3) is 11.0 Å². The van der Waals surface area contributed by atoms with Crippen LogP contribution >= 0.6 is 0 Å². The van der Waals surface area contributed by atoms with Crippen LogP contribution in [0.5, 0.6) is 0 Å². The Morgan fingerprint density at radius 3 is 2.83 bits per heavy atom. The van der Waals surface area contributed by atoms with Gasteiger partial charge in [0.15, 0.2) is 0 Å². The van der Waals surface area contributed by atoms with Gasteiger partial charge in [-0.25, -0.2) is 4.79 Å². The van der Waals surface area contributed by atoms with Crippen LogP contribution in [0, 0.1) is 0 Å². The standard InChI is InChI=1S/C20H21N3O7/c24-9-17-15(26)7-18(30-17)23-8-14(19(27)21-20(23)28)22(11-25)6-5-12-10-29-16-4-2-1-3-13(12)16/h1-4,8,10-11,15,17-18,24,26H,5-7,9H2,(H,21,27,28)/t15-,17+,18+/m0/s1. The largest absolute Gasteiger partial charge is 0.464 e. The predicted molar refractivity (Wildman–Crippen MR) is 106 cm³/mol. The summed E-state index contributed by atoms with van der Waals surface area (Å²) in [6, 6.07) is 7.49. The quantitative estimate of drug-likeness (QED) is 0.466. The fourth-order valence-corrected chi connectivity index (χ4v) is 3.64. The zero-order valence-corrected chi connectivity index (χ0v) is 15.9. The summed E-state index contributed by atoms with van der Waals surface area (Å²) in [6.07, 6.45) is 1.22. The van der Waals surface area contributed by atoms with E-state index in [1.165, 1.54) is 11.1 Å². The number of hydrogen-bond acceptors (Lipinski definition) is 7. The number of benzene rings is 1. The summed E-state index contributed by atoms with van der Waals surface area (Å²) in [5.41, 5.74) is 0.147. The molecule has 0 aliphatic carbocycles. The van der Waals surface area contributed by atoms with Crippen LogP contribution in [0.2, 0.25) is 0 Å². The van der Waals surface area contributed by atoms with Crippen LogP contribution in [-0.4, -0.2) is 51.5 Å².